The lowest BCUT2D eigenvalue weighted by atomic mass is 10.1. The maximum Gasteiger partial charge on any atom is 0.267 e. The van der Waals surface area contributed by atoms with E-state index in [9.17, 15) is 17.6 Å². The van der Waals surface area contributed by atoms with E-state index in [0.717, 1.165) is 5.56 Å². The number of rotatable bonds is 6. The number of halogens is 1. The summed E-state index contributed by atoms with van der Waals surface area (Å²) in [6, 6.07) is 12.8. The molecule has 6 nitrogen and oxygen atoms in total. The molecule has 0 radical (unpaired) electrons. The molecule has 1 amide bonds. The molecule has 8 heteroatoms. The van der Waals surface area contributed by atoms with Gasteiger partial charge in [-0.25, -0.2) is 17.5 Å². The molecular weight excluding hydrogens is 357 g/mol. The lowest BCUT2D eigenvalue weighted by molar-refractivity contribution is 0.0946. The molecule has 0 fully saturated rings. The highest BCUT2D eigenvalue weighted by atomic mass is 32.2. The summed E-state index contributed by atoms with van der Waals surface area (Å²) in [6.45, 7) is 0.293. The third kappa shape index (κ3) is 4.27. The van der Waals surface area contributed by atoms with Crippen molar-refractivity contribution in [2.45, 2.75) is 12.3 Å². The first-order chi connectivity index (χ1) is 12.4. The topological polar surface area (TPSA) is 91.1 Å². The molecule has 0 unspecified atom stereocenters. The monoisotopic (exact) mass is 375 g/mol. The number of aromatic amines is 1. The minimum absolute atomic E-state index is 0.0955. The van der Waals surface area contributed by atoms with E-state index in [1.165, 1.54) is 19.2 Å². The molecule has 0 atom stereocenters. The van der Waals surface area contributed by atoms with E-state index in [0.29, 0.717) is 28.7 Å². The van der Waals surface area contributed by atoms with Crippen LogP contribution >= 0.6 is 0 Å². The van der Waals surface area contributed by atoms with Crippen LogP contribution in [0.15, 0.2) is 48.5 Å². The van der Waals surface area contributed by atoms with Crippen molar-refractivity contribution in [1.29, 1.82) is 0 Å². The highest BCUT2D eigenvalue weighted by molar-refractivity contribution is 7.88. The highest BCUT2D eigenvalue weighted by Gasteiger charge is 2.11. The third-order valence-corrected chi connectivity index (χ3v) is 5.31. The third-order valence-electron chi connectivity index (χ3n) is 3.97. The Balaban J connectivity index is 1.63. The van der Waals surface area contributed by atoms with Gasteiger partial charge in [0.1, 0.15) is 11.5 Å². The first-order valence-corrected chi connectivity index (χ1v) is 9.57. The molecule has 0 spiro atoms. The van der Waals surface area contributed by atoms with Gasteiger partial charge in [-0.3, -0.25) is 4.79 Å². The first-order valence-electron chi connectivity index (χ1n) is 7.92. The van der Waals surface area contributed by atoms with Crippen LogP contribution in [0.4, 0.5) is 4.39 Å². The number of H-pyrrole nitrogens is 1. The molecule has 0 aliphatic carbocycles. The van der Waals surface area contributed by atoms with Gasteiger partial charge in [-0.15, -0.1) is 0 Å². The van der Waals surface area contributed by atoms with Gasteiger partial charge in [-0.2, -0.15) is 0 Å². The van der Waals surface area contributed by atoms with Crippen molar-refractivity contribution in [3.63, 3.8) is 0 Å². The van der Waals surface area contributed by atoms with Crippen molar-refractivity contribution >= 4 is 26.8 Å². The second kappa shape index (κ2) is 7.27. The summed E-state index contributed by atoms with van der Waals surface area (Å²) in [5.74, 6) is -0.755. The van der Waals surface area contributed by atoms with E-state index in [4.69, 9.17) is 0 Å². The number of sulfonamides is 1. The number of nitrogens with one attached hydrogen (secondary N) is 3. The fourth-order valence-corrected chi connectivity index (χ4v) is 3.32. The second-order valence-corrected chi connectivity index (χ2v) is 7.80. The predicted octanol–water partition coefficient (Wildman–Crippen LogP) is 2.29. The Bertz CT molecular complexity index is 1040. The van der Waals surface area contributed by atoms with E-state index in [1.807, 2.05) is 0 Å². The lowest BCUT2D eigenvalue weighted by Gasteiger charge is -2.06. The average molecular weight is 375 g/mol. The van der Waals surface area contributed by atoms with Gasteiger partial charge < -0.3 is 10.3 Å². The lowest BCUT2D eigenvalue weighted by Crippen LogP contribution is -2.23. The Hall–Kier alpha value is -2.71. The number of benzene rings is 2. The van der Waals surface area contributed by atoms with Crippen LogP contribution in [0.2, 0.25) is 0 Å². The van der Waals surface area contributed by atoms with Crippen LogP contribution in [-0.2, 0) is 22.3 Å². The Morgan fingerprint density at radius 3 is 2.46 bits per heavy atom. The quantitative estimate of drug-likeness (QED) is 0.617. The van der Waals surface area contributed by atoms with Gasteiger partial charge >= 0.3 is 0 Å². The number of hydrogen-bond donors (Lipinski definition) is 3. The molecule has 0 aliphatic rings. The van der Waals surface area contributed by atoms with Gasteiger partial charge in [0.25, 0.3) is 5.91 Å². The van der Waals surface area contributed by atoms with Gasteiger partial charge in [0.2, 0.25) is 10.0 Å². The number of fused-ring (bicyclic) bond motifs is 1. The average Bonchev–Trinajstić information content (AvgIpc) is 3.04. The smallest absolute Gasteiger partial charge is 0.267 e. The van der Waals surface area contributed by atoms with E-state index in [2.05, 4.69) is 15.0 Å². The summed E-state index contributed by atoms with van der Waals surface area (Å²) in [4.78, 5) is 15.2. The van der Waals surface area contributed by atoms with Crippen LogP contribution in [0.25, 0.3) is 10.9 Å². The van der Waals surface area contributed by atoms with Crippen molar-refractivity contribution < 1.29 is 17.6 Å². The zero-order valence-electron chi connectivity index (χ0n) is 14.0. The van der Waals surface area contributed by atoms with Gasteiger partial charge in [0.15, 0.2) is 0 Å². The highest BCUT2D eigenvalue weighted by Crippen LogP contribution is 2.16. The van der Waals surface area contributed by atoms with Crippen LogP contribution in [-0.4, -0.2) is 26.4 Å². The summed E-state index contributed by atoms with van der Waals surface area (Å²) in [6.07, 6.45) is 0. The zero-order valence-corrected chi connectivity index (χ0v) is 14.9. The minimum atomic E-state index is -3.31. The summed E-state index contributed by atoms with van der Waals surface area (Å²) >= 11 is 0. The zero-order chi connectivity index (χ0) is 18.7. The molecule has 3 aromatic rings. The molecule has 3 N–H and O–H groups in total. The van der Waals surface area contributed by atoms with Crippen molar-refractivity contribution in [3.05, 3.63) is 71.2 Å². The van der Waals surface area contributed by atoms with E-state index in [1.54, 1.807) is 36.4 Å². The van der Waals surface area contributed by atoms with Crippen LogP contribution in [0.3, 0.4) is 0 Å². The van der Waals surface area contributed by atoms with Gasteiger partial charge in [0.05, 0.1) is 5.75 Å². The van der Waals surface area contributed by atoms with E-state index in [-0.39, 0.29) is 17.5 Å². The number of amides is 1. The molecule has 0 saturated heterocycles. The molecule has 0 aliphatic heterocycles. The molecule has 2 aromatic carbocycles. The van der Waals surface area contributed by atoms with Gasteiger partial charge in [-0.1, -0.05) is 24.3 Å². The molecular formula is C18H18FN3O3S. The Kier molecular flexibility index (Phi) is 5.06. The summed E-state index contributed by atoms with van der Waals surface area (Å²) in [5, 5.41) is 3.41. The number of hydrogen-bond acceptors (Lipinski definition) is 3. The first kappa shape index (κ1) is 18.1. The standard InChI is InChI=1S/C18H18FN3O3S/c1-20-26(24,25)11-13-4-2-12(3-5-13)10-21-18(23)17-9-14-8-15(19)6-7-16(14)22-17/h2-9,20,22H,10-11H2,1H3,(H,21,23). The molecule has 0 saturated carbocycles. The Morgan fingerprint density at radius 1 is 1.08 bits per heavy atom. The SMILES string of the molecule is CNS(=O)(=O)Cc1ccc(CNC(=O)c2cc3cc(F)ccc3[nH]2)cc1. The van der Waals surface area contributed by atoms with Crippen LogP contribution < -0.4 is 10.0 Å². The molecule has 1 aromatic heterocycles. The molecule has 26 heavy (non-hydrogen) atoms. The molecule has 136 valence electrons. The Morgan fingerprint density at radius 2 is 1.77 bits per heavy atom. The number of aromatic nitrogens is 1. The van der Waals surface area contributed by atoms with Crippen LogP contribution in [0.1, 0.15) is 21.6 Å². The molecule has 0 bridgehead atoms. The summed E-state index contributed by atoms with van der Waals surface area (Å²) < 4.78 is 38.5. The number of carbonyl (C=O) groups excluding carboxylic acids is 1. The molecule has 1 heterocycles. The van der Waals surface area contributed by atoms with Crippen LogP contribution in [0.5, 0.6) is 0 Å². The maximum atomic E-state index is 13.2. The maximum absolute atomic E-state index is 13.2. The largest absolute Gasteiger partial charge is 0.351 e. The fraction of sp³-hybridized carbons (Fsp3) is 0.167. The van der Waals surface area contributed by atoms with Crippen LogP contribution in [0, 0.1) is 5.82 Å². The van der Waals surface area contributed by atoms with Gasteiger partial charge in [0, 0.05) is 17.4 Å². The normalized spacial score (nSPS) is 11.6. The summed E-state index contributed by atoms with van der Waals surface area (Å²) in [5.41, 5.74) is 2.53. The van der Waals surface area contributed by atoms with Gasteiger partial charge in [-0.05, 0) is 42.4 Å². The van der Waals surface area contributed by atoms with E-state index >= 15 is 0 Å². The summed E-state index contributed by atoms with van der Waals surface area (Å²) in [7, 11) is -1.94. The van der Waals surface area contributed by atoms with Crippen molar-refractivity contribution in [2.24, 2.45) is 0 Å². The number of carbonyl (C=O) groups is 1. The van der Waals surface area contributed by atoms with Crippen molar-refractivity contribution in [1.82, 2.24) is 15.0 Å². The molecule has 3 rings (SSSR count). The fourth-order valence-electron chi connectivity index (χ4n) is 2.55. The van der Waals surface area contributed by atoms with Crippen molar-refractivity contribution in [3.8, 4) is 0 Å². The predicted molar refractivity (Wildman–Crippen MR) is 97.6 cm³/mol. The Labute approximate surface area is 150 Å². The van der Waals surface area contributed by atoms with Crippen molar-refractivity contribution in [2.75, 3.05) is 7.05 Å². The second-order valence-electron chi connectivity index (χ2n) is 5.88. The minimum Gasteiger partial charge on any atom is -0.351 e. The van der Waals surface area contributed by atoms with E-state index < -0.39 is 10.0 Å².